The van der Waals surface area contributed by atoms with Gasteiger partial charge >= 0.3 is 0 Å². The van der Waals surface area contributed by atoms with Gasteiger partial charge in [0.25, 0.3) is 0 Å². The maximum atomic E-state index is 11.7. The Morgan fingerprint density at radius 2 is 1.84 bits per heavy atom. The monoisotopic (exact) mass is 327 g/mol. The Bertz CT molecular complexity index is 446. The molecule has 6 heteroatoms. The van der Waals surface area contributed by atoms with Crippen LogP contribution in [0.2, 0.25) is 0 Å². The predicted molar refractivity (Wildman–Crippen MR) is 78.9 cm³/mol. The maximum absolute atomic E-state index is 11.7. The lowest BCUT2D eigenvalue weighted by Crippen LogP contribution is -2.44. The van der Waals surface area contributed by atoms with E-state index >= 15 is 0 Å². The third-order valence-corrected chi connectivity index (χ3v) is 3.04. The summed E-state index contributed by atoms with van der Waals surface area (Å²) in [6, 6.07) is 6.92. The summed E-state index contributed by atoms with van der Waals surface area (Å²) >= 11 is 3.32. The lowest BCUT2D eigenvalue weighted by molar-refractivity contribution is -0.130. The number of anilines is 1. The zero-order valence-corrected chi connectivity index (χ0v) is 12.8. The van der Waals surface area contributed by atoms with Crippen LogP contribution in [-0.4, -0.2) is 43.4 Å². The van der Waals surface area contributed by atoms with Crippen molar-refractivity contribution in [2.24, 2.45) is 0 Å². The van der Waals surface area contributed by atoms with Crippen LogP contribution in [0, 0.1) is 0 Å². The van der Waals surface area contributed by atoms with Crippen molar-refractivity contribution in [3.63, 3.8) is 0 Å². The molecule has 0 fully saturated rings. The highest BCUT2D eigenvalue weighted by Crippen LogP contribution is 2.13. The van der Waals surface area contributed by atoms with Gasteiger partial charge in [-0.1, -0.05) is 15.9 Å². The van der Waals surface area contributed by atoms with Crippen molar-refractivity contribution in [3.05, 3.63) is 28.7 Å². The van der Waals surface area contributed by atoms with Gasteiger partial charge in [0, 0.05) is 24.3 Å². The van der Waals surface area contributed by atoms with Crippen LogP contribution in [0.4, 0.5) is 5.69 Å². The van der Waals surface area contributed by atoms with Crippen molar-refractivity contribution in [2.45, 2.75) is 13.0 Å². The van der Waals surface area contributed by atoms with E-state index in [1.807, 2.05) is 12.1 Å². The number of carbonyl (C=O) groups excluding carboxylic acids is 2. The molecule has 1 aromatic rings. The molecular formula is C13H18BrN3O2. The average Bonchev–Trinajstić information content (AvgIpc) is 2.37. The Labute approximate surface area is 121 Å². The van der Waals surface area contributed by atoms with Crippen LogP contribution < -0.4 is 10.6 Å². The fourth-order valence-corrected chi connectivity index (χ4v) is 1.72. The van der Waals surface area contributed by atoms with Crippen molar-refractivity contribution in [3.8, 4) is 0 Å². The van der Waals surface area contributed by atoms with Crippen LogP contribution in [0.25, 0.3) is 0 Å². The molecule has 104 valence electrons. The first-order chi connectivity index (χ1) is 8.90. The number of amides is 2. The zero-order valence-electron chi connectivity index (χ0n) is 11.2. The molecule has 0 aliphatic carbocycles. The molecule has 0 aliphatic rings. The molecule has 1 unspecified atom stereocenters. The van der Waals surface area contributed by atoms with Gasteiger partial charge < -0.3 is 10.2 Å². The Kier molecular flexibility index (Phi) is 5.98. The first kappa shape index (κ1) is 15.7. The summed E-state index contributed by atoms with van der Waals surface area (Å²) in [5, 5.41) is 5.63. The predicted octanol–water partition coefficient (Wildman–Crippen LogP) is 1.45. The number of nitrogens with one attached hydrogen (secondary N) is 2. The molecule has 0 spiro atoms. The van der Waals surface area contributed by atoms with Gasteiger partial charge in [0.2, 0.25) is 11.8 Å². The molecule has 2 amide bonds. The third kappa shape index (κ3) is 5.40. The summed E-state index contributed by atoms with van der Waals surface area (Å²) < 4.78 is 0.953. The molecule has 0 aliphatic heterocycles. The van der Waals surface area contributed by atoms with Crippen molar-refractivity contribution in [1.29, 1.82) is 0 Å². The second-order valence-corrected chi connectivity index (χ2v) is 5.31. The standard InChI is InChI=1S/C13H18BrN3O2/c1-9(13(19)17(2)3)15-8-12(18)16-11-6-4-10(14)5-7-11/h4-7,9,15H,8H2,1-3H3,(H,16,18). The van der Waals surface area contributed by atoms with E-state index in [1.54, 1.807) is 33.2 Å². The summed E-state index contributed by atoms with van der Waals surface area (Å²) in [5.74, 6) is -0.239. The molecule has 1 aromatic carbocycles. The quantitative estimate of drug-likeness (QED) is 0.860. The summed E-state index contributed by atoms with van der Waals surface area (Å²) in [4.78, 5) is 24.8. The van der Waals surface area contributed by atoms with E-state index in [4.69, 9.17) is 0 Å². The summed E-state index contributed by atoms with van der Waals surface area (Å²) in [7, 11) is 3.37. The van der Waals surface area contributed by atoms with E-state index in [2.05, 4.69) is 26.6 Å². The van der Waals surface area contributed by atoms with Gasteiger partial charge in [-0.15, -0.1) is 0 Å². The summed E-state index contributed by atoms with van der Waals surface area (Å²) in [5.41, 5.74) is 0.724. The number of halogens is 1. The Morgan fingerprint density at radius 3 is 2.37 bits per heavy atom. The molecule has 0 radical (unpaired) electrons. The van der Waals surface area contributed by atoms with E-state index in [1.165, 1.54) is 4.90 Å². The highest BCUT2D eigenvalue weighted by atomic mass is 79.9. The van der Waals surface area contributed by atoms with Crippen molar-refractivity contribution in [1.82, 2.24) is 10.2 Å². The van der Waals surface area contributed by atoms with Gasteiger partial charge in [-0.05, 0) is 31.2 Å². The summed E-state index contributed by atoms with van der Waals surface area (Å²) in [6.45, 7) is 1.83. The summed E-state index contributed by atoms with van der Waals surface area (Å²) in [6.07, 6.45) is 0. The lowest BCUT2D eigenvalue weighted by Gasteiger charge is -2.17. The van der Waals surface area contributed by atoms with Gasteiger partial charge in [0.1, 0.15) is 0 Å². The molecule has 1 atom stereocenters. The number of likely N-dealkylation sites (N-methyl/N-ethyl adjacent to an activating group) is 1. The lowest BCUT2D eigenvalue weighted by atomic mass is 10.3. The molecule has 1 rings (SSSR count). The van der Waals surface area contributed by atoms with Crippen LogP contribution >= 0.6 is 15.9 Å². The Balaban J connectivity index is 2.40. The normalized spacial score (nSPS) is 11.8. The molecule has 0 saturated heterocycles. The van der Waals surface area contributed by atoms with Crippen molar-refractivity contribution < 1.29 is 9.59 Å². The molecule has 0 saturated carbocycles. The molecule has 19 heavy (non-hydrogen) atoms. The molecule has 2 N–H and O–H groups in total. The van der Waals surface area contributed by atoms with Gasteiger partial charge in [-0.3, -0.25) is 14.9 Å². The number of nitrogens with zero attached hydrogens (tertiary/aromatic N) is 1. The number of hydrogen-bond donors (Lipinski definition) is 2. The minimum Gasteiger partial charge on any atom is -0.347 e. The smallest absolute Gasteiger partial charge is 0.238 e. The Morgan fingerprint density at radius 1 is 1.26 bits per heavy atom. The minimum atomic E-state index is -0.384. The first-order valence-corrected chi connectivity index (χ1v) is 6.69. The van der Waals surface area contributed by atoms with E-state index in [0.717, 1.165) is 10.2 Å². The van der Waals surface area contributed by atoms with Gasteiger partial charge in [-0.25, -0.2) is 0 Å². The van der Waals surface area contributed by atoms with Crippen LogP contribution in [-0.2, 0) is 9.59 Å². The highest BCUT2D eigenvalue weighted by molar-refractivity contribution is 9.10. The van der Waals surface area contributed by atoms with Gasteiger partial charge in [0.15, 0.2) is 0 Å². The average molecular weight is 328 g/mol. The zero-order chi connectivity index (χ0) is 14.4. The van der Waals surface area contributed by atoms with Crippen LogP contribution in [0.3, 0.4) is 0 Å². The molecule has 0 aromatic heterocycles. The van der Waals surface area contributed by atoms with Crippen LogP contribution in [0.5, 0.6) is 0 Å². The van der Waals surface area contributed by atoms with E-state index in [0.29, 0.717) is 0 Å². The highest BCUT2D eigenvalue weighted by Gasteiger charge is 2.15. The molecular weight excluding hydrogens is 310 g/mol. The third-order valence-electron chi connectivity index (χ3n) is 2.51. The second-order valence-electron chi connectivity index (χ2n) is 4.39. The van der Waals surface area contributed by atoms with E-state index < -0.39 is 0 Å². The second kappa shape index (κ2) is 7.25. The first-order valence-electron chi connectivity index (χ1n) is 5.90. The van der Waals surface area contributed by atoms with Crippen LogP contribution in [0.1, 0.15) is 6.92 Å². The van der Waals surface area contributed by atoms with E-state index in [9.17, 15) is 9.59 Å². The minimum absolute atomic E-state index is 0.0589. The van der Waals surface area contributed by atoms with Crippen LogP contribution in [0.15, 0.2) is 28.7 Å². The largest absolute Gasteiger partial charge is 0.347 e. The number of carbonyl (C=O) groups is 2. The van der Waals surface area contributed by atoms with Gasteiger partial charge in [0.05, 0.1) is 12.6 Å². The Hall–Kier alpha value is -1.40. The fraction of sp³-hybridized carbons (Fsp3) is 0.385. The number of hydrogen-bond acceptors (Lipinski definition) is 3. The SMILES string of the molecule is CC(NCC(=O)Nc1ccc(Br)cc1)C(=O)N(C)C. The maximum Gasteiger partial charge on any atom is 0.238 e. The number of rotatable bonds is 5. The van der Waals surface area contributed by atoms with Crippen molar-refractivity contribution in [2.75, 3.05) is 26.0 Å². The molecule has 0 bridgehead atoms. The van der Waals surface area contributed by atoms with E-state index in [-0.39, 0.29) is 24.4 Å². The van der Waals surface area contributed by atoms with Gasteiger partial charge in [-0.2, -0.15) is 0 Å². The molecule has 5 nitrogen and oxygen atoms in total. The number of benzene rings is 1. The topological polar surface area (TPSA) is 61.4 Å². The van der Waals surface area contributed by atoms with Crippen molar-refractivity contribution >= 4 is 33.4 Å². The fourth-order valence-electron chi connectivity index (χ4n) is 1.46. The molecule has 0 heterocycles.